The van der Waals surface area contributed by atoms with Crippen LogP contribution in [-0.2, 0) is 4.79 Å². The first-order valence-corrected chi connectivity index (χ1v) is 4.21. The highest BCUT2D eigenvalue weighted by atomic mass is 16.1. The molecule has 3 nitrogen and oxygen atoms in total. The van der Waals surface area contributed by atoms with E-state index in [0.29, 0.717) is 10.2 Å². The summed E-state index contributed by atoms with van der Waals surface area (Å²) in [7, 11) is 5.81. The lowest BCUT2D eigenvalue weighted by Gasteiger charge is -2.24. The van der Waals surface area contributed by atoms with Crippen molar-refractivity contribution < 1.29 is 9.28 Å². The fraction of sp³-hybridized carbons (Fsp3) is 0.667. The maximum absolute atomic E-state index is 11.0. The van der Waals surface area contributed by atoms with Crippen molar-refractivity contribution in [1.29, 1.82) is 0 Å². The molecule has 12 heavy (non-hydrogen) atoms. The Morgan fingerprint density at radius 1 is 1.42 bits per heavy atom. The van der Waals surface area contributed by atoms with Gasteiger partial charge in [0.05, 0.1) is 21.1 Å². The van der Waals surface area contributed by atoms with Crippen LogP contribution in [0.2, 0.25) is 0 Å². The molecule has 0 unspecified atom stereocenters. The molecule has 0 saturated heterocycles. The molecule has 0 radical (unpaired) electrons. The van der Waals surface area contributed by atoms with Crippen molar-refractivity contribution in [1.82, 2.24) is 0 Å². The van der Waals surface area contributed by atoms with Crippen LogP contribution in [0.5, 0.6) is 0 Å². The first-order chi connectivity index (χ1) is 5.39. The monoisotopic (exact) mass is 171 g/mol. The van der Waals surface area contributed by atoms with Crippen LogP contribution in [0.1, 0.15) is 19.8 Å². The van der Waals surface area contributed by atoms with Crippen LogP contribution in [0.25, 0.3) is 0 Å². The van der Waals surface area contributed by atoms with Crippen LogP contribution < -0.4 is 5.73 Å². The molecule has 0 atom stereocenters. The molecule has 70 valence electrons. The lowest BCUT2D eigenvalue weighted by atomic mass is 10.2. The van der Waals surface area contributed by atoms with Gasteiger partial charge in [-0.25, -0.2) is 0 Å². The molecule has 0 aromatic rings. The number of quaternary nitrogens is 1. The molecule has 0 aromatic heterocycles. The van der Waals surface area contributed by atoms with E-state index in [1.165, 1.54) is 0 Å². The number of primary amides is 1. The Kier molecular flexibility index (Phi) is 3.96. The first-order valence-electron chi connectivity index (χ1n) is 4.21. The Hall–Kier alpha value is -0.830. The van der Waals surface area contributed by atoms with Crippen LogP contribution in [0, 0.1) is 0 Å². The van der Waals surface area contributed by atoms with Gasteiger partial charge in [-0.2, -0.15) is 0 Å². The smallest absolute Gasteiger partial charge is 0.302 e. The van der Waals surface area contributed by atoms with E-state index in [1.807, 2.05) is 27.2 Å². The molecule has 0 spiro atoms. The van der Waals surface area contributed by atoms with E-state index in [0.717, 1.165) is 12.8 Å². The maximum Gasteiger partial charge on any atom is 0.302 e. The number of carbonyl (C=O) groups excluding carboxylic acids is 1. The Balaban J connectivity index is 4.56. The number of amides is 1. The van der Waals surface area contributed by atoms with E-state index >= 15 is 0 Å². The number of rotatable bonds is 4. The van der Waals surface area contributed by atoms with E-state index < -0.39 is 0 Å². The number of hydrogen-bond acceptors (Lipinski definition) is 1. The summed E-state index contributed by atoms with van der Waals surface area (Å²) in [6.45, 7) is 2.07. The highest BCUT2D eigenvalue weighted by molar-refractivity contribution is 5.89. The Morgan fingerprint density at radius 2 is 1.92 bits per heavy atom. The second-order valence-corrected chi connectivity index (χ2v) is 3.75. The zero-order valence-corrected chi connectivity index (χ0v) is 8.42. The quantitative estimate of drug-likeness (QED) is 0.495. The average Bonchev–Trinajstić information content (AvgIpc) is 1.84. The second-order valence-electron chi connectivity index (χ2n) is 3.75. The topological polar surface area (TPSA) is 43.1 Å². The van der Waals surface area contributed by atoms with Crippen LogP contribution in [-0.4, -0.2) is 31.5 Å². The molecule has 1 amide bonds. The molecule has 0 fully saturated rings. The van der Waals surface area contributed by atoms with Gasteiger partial charge in [-0.3, -0.25) is 9.28 Å². The van der Waals surface area contributed by atoms with Crippen LogP contribution >= 0.6 is 0 Å². The molecule has 0 aromatic carbocycles. The highest BCUT2D eigenvalue weighted by Gasteiger charge is 2.20. The van der Waals surface area contributed by atoms with Gasteiger partial charge in [0, 0.05) is 0 Å². The van der Waals surface area contributed by atoms with Crippen molar-refractivity contribution in [3.63, 3.8) is 0 Å². The molecule has 0 aliphatic heterocycles. The van der Waals surface area contributed by atoms with Crippen molar-refractivity contribution in [3.05, 3.63) is 11.8 Å². The van der Waals surface area contributed by atoms with Crippen molar-refractivity contribution >= 4 is 5.91 Å². The standard InChI is InChI=1S/C9H18N2O/c1-5-6-7-8(9(10)12)11(2,3)4/h7H,5-6H2,1-4H3,(H-,10,12)/p+1/b8-7+. The van der Waals surface area contributed by atoms with Crippen molar-refractivity contribution in [2.75, 3.05) is 21.1 Å². The van der Waals surface area contributed by atoms with Gasteiger partial charge in [0.1, 0.15) is 0 Å². The van der Waals surface area contributed by atoms with Gasteiger partial charge in [0.25, 0.3) is 0 Å². The Morgan fingerprint density at radius 3 is 2.17 bits per heavy atom. The number of nitrogens with zero attached hydrogens (tertiary/aromatic N) is 1. The Bertz CT molecular complexity index is 189. The zero-order chi connectivity index (χ0) is 9.78. The molecule has 0 heterocycles. The second kappa shape index (κ2) is 4.26. The molecular weight excluding hydrogens is 152 g/mol. The number of unbranched alkanes of at least 4 members (excludes halogenated alkanes) is 1. The number of carbonyl (C=O) groups is 1. The maximum atomic E-state index is 11.0. The predicted octanol–water partition coefficient (Wildman–Crippen LogP) is 0.862. The number of likely N-dealkylation sites (N-methyl/N-ethyl adjacent to an activating group) is 1. The van der Waals surface area contributed by atoms with Crippen LogP contribution in [0.3, 0.4) is 0 Å². The SMILES string of the molecule is CCC/C=C(\C(N)=O)[N+](C)(C)C. The van der Waals surface area contributed by atoms with Gasteiger partial charge >= 0.3 is 5.91 Å². The number of nitrogens with two attached hydrogens (primary N) is 1. The van der Waals surface area contributed by atoms with Crippen LogP contribution in [0.15, 0.2) is 11.8 Å². The average molecular weight is 171 g/mol. The molecule has 0 aliphatic rings. The van der Waals surface area contributed by atoms with Gasteiger partial charge in [-0.15, -0.1) is 0 Å². The fourth-order valence-corrected chi connectivity index (χ4v) is 0.986. The molecule has 3 heteroatoms. The third-order valence-corrected chi connectivity index (χ3v) is 1.60. The summed E-state index contributed by atoms with van der Waals surface area (Å²) < 4.78 is 0.495. The zero-order valence-electron chi connectivity index (χ0n) is 8.42. The third kappa shape index (κ3) is 3.53. The van der Waals surface area contributed by atoms with E-state index in [-0.39, 0.29) is 5.91 Å². The molecular formula is C9H19N2O+. The van der Waals surface area contributed by atoms with Gasteiger partial charge in [0.2, 0.25) is 0 Å². The lowest BCUT2D eigenvalue weighted by Crippen LogP contribution is -2.39. The Labute approximate surface area is 74.4 Å². The number of hydrogen-bond donors (Lipinski definition) is 1. The summed E-state index contributed by atoms with van der Waals surface area (Å²) in [5, 5.41) is 0. The van der Waals surface area contributed by atoms with E-state index in [2.05, 4.69) is 6.92 Å². The van der Waals surface area contributed by atoms with Gasteiger partial charge in [-0.1, -0.05) is 13.3 Å². The molecule has 0 bridgehead atoms. The largest absolute Gasteiger partial charge is 0.361 e. The van der Waals surface area contributed by atoms with Gasteiger partial charge < -0.3 is 5.73 Å². The molecule has 0 aliphatic carbocycles. The molecule has 0 rings (SSSR count). The summed E-state index contributed by atoms with van der Waals surface area (Å²) in [6.07, 6.45) is 3.87. The molecule has 0 saturated carbocycles. The summed E-state index contributed by atoms with van der Waals surface area (Å²) in [6, 6.07) is 0. The number of allylic oxidation sites excluding steroid dienone is 1. The van der Waals surface area contributed by atoms with Crippen molar-refractivity contribution in [2.24, 2.45) is 5.73 Å². The van der Waals surface area contributed by atoms with Crippen molar-refractivity contribution in [3.8, 4) is 0 Å². The van der Waals surface area contributed by atoms with Gasteiger partial charge in [0.15, 0.2) is 5.70 Å². The summed E-state index contributed by atoms with van der Waals surface area (Å²) in [5.41, 5.74) is 5.92. The summed E-state index contributed by atoms with van der Waals surface area (Å²) >= 11 is 0. The minimum atomic E-state index is -0.323. The van der Waals surface area contributed by atoms with E-state index in [4.69, 9.17) is 5.73 Å². The third-order valence-electron chi connectivity index (χ3n) is 1.60. The normalized spacial score (nSPS) is 13.2. The van der Waals surface area contributed by atoms with Gasteiger partial charge in [-0.05, 0) is 12.5 Å². The van der Waals surface area contributed by atoms with E-state index in [9.17, 15) is 4.79 Å². The molecule has 2 N–H and O–H groups in total. The predicted molar refractivity (Wildman–Crippen MR) is 50.2 cm³/mol. The van der Waals surface area contributed by atoms with Crippen LogP contribution in [0.4, 0.5) is 0 Å². The summed E-state index contributed by atoms with van der Waals surface area (Å²) in [5.74, 6) is -0.323. The van der Waals surface area contributed by atoms with Crippen molar-refractivity contribution in [2.45, 2.75) is 19.8 Å². The highest BCUT2D eigenvalue weighted by Crippen LogP contribution is 2.08. The minimum Gasteiger partial charge on any atom is -0.361 e. The fourth-order valence-electron chi connectivity index (χ4n) is 0.986. The first kappa shape index (κ1) is 11.2. The lowest BCUT2D eigenvalue weighted by molar-refractivity contribution is -0.826. The van der Waals surface area contributed by atoms with E-state index in [1.54, 1.807) is 0 Å². The minimum absolute atomic E-state index is 0.323. The summed E-state index contributed by atoms with van der Waals surface area (Å²) in [4.78, 5) is 11.0.